The summed E-state index contributed by atoms with van der Waals surface area (Å²) in [6.45, 7) is 0. The first kappa shape index (κ1) is 29.2. The summed E-state index contributed by atoms with van der Waals surface area (Å²) < 4.78 is 0. The highest BCUT2D eigenvalue weighted by atomic mass is 14.8. The molecule has 1 heteroatoms. The Kier molecular flexibility index (Phi) is 6.45. The molecule has 0 fully saturated rings. The highest BCUT2D eigenvalue weighted by Crippen LogP contribution is 2.47. The quantitative estimate of drug-likeness (QED) is 0.167. The minimum atomic E-state index is 0.257. The van der Waals surface area contributed by atoms with E-state index in [-0.39, 0.29) is 5.92 Å². The van der Waals surface area contributed by atoms with Crippen molar-refractivity contribution in [3.05, 3.63) is 199 Å². The van der Waals surface area contributed by atoms with Crippen LogP contribution in [-0.2, 0) is 6.42 Å². The first-order valence-electron chi connectivity index (χ1n) is 18.2. The first-order chi connectivity index (χ1) is 25.8. The smallest absolute Gasteiger partial charge is 0.0665 e. The second-order valence-corrected chi connectivity index (χ2v) is 14.2. The summed E-state index contributed by atoms with van der Waals surface area (Å²) in [6, 6.07) is 67.0. The van der Waals surface area contributed by atoms with Crippen LogP contribution in [0.3, 0.4) is 0 Å². The molecule has 0 amide bonds. The zero-order valence-corrected chi connectivity index (χ0v) is 28.6. The Morgan fingerprint density at radius 2 is 0.962 bits per heavy atom. The van der Waals surface area contributed by atoms with Gasteiger partial charge in [-0.05, 0) is 119 Å². The Labute approximate surface area is 303 Å². The van der Waals surface area contributed by atoms with Gasteiger partial charge in [0.1, 0.15) is 0 Å². The Morgan fingerprint density at radius 1 is 0.385 bits per heavy atom. The fraction of sp³-hybridized carbons (Fsp3) is 0.0392. The molecule has 1 unspecified atom stereocenters. The number of fused-ring (bicyclic) bond motifs is 10. The molecule has 0 radical (unpaired) electrons. The zero-order valence-electron chi connectivity index (χ0n) is 28.6. The monoisotopic (exact) mass is 659 g/mol. The summed E-state index contributed by atoms with van der Waals surface area (Å²) in [5.74, 6) is 0.257. The molecule has 0 bridgehead atoms. The molecule has 242 valence electrons. The van der Waals surface area contributed by atoms with Gasteiger partial charge < -0.3 is 0 Å². The summed E-state index contributed by atoms with van der Waals surface area (Å²) in [5, 5.41) is 7.61. The molecule has 0 saturated heterocycles. The van der Waals surface area contributed by atoms with Gasteiger partial charge in [-0.3, -0.25) is 4.99 Å². The summed E-state index contributed by atoms with van der Waals surface area (Å²) >= 11 is 0. The molecule has 0 N–H and O–H groups in total. The average molecular weight is 660 g/mol. The Morgan fingerprint density at radius 3 is 1.71 bits per heavy atom. The van der Waals surface area contributed by atoms with Crippen molar-refractivity contribution in [2.75, 3.05) is 0 Å². The van der Waals surface area contributed by atoms with Gasteiger partial charge >= 0.3 is 0 Å². The van der Waals surface area contributed by atoms with E-state index in [1.165, 1.54) is 99.2 Å². The van der Waals surface area contributed by atoms with Gasteiger partial charge in [0.25, 0.3) is 0 Å². The van der Waals surface area contributed by atoms with Gasteiger partial charge in [-0.1, -0.05) is 158 Å². The highest BCUT2D eigenvalue weighted by molar-refractivity contribution is 6.22. The minimum Gasteiger partial charge on any atom is -0.252 e. The second-order valence-electron chi connectivity index (χ2n) is 14.2. The van der Waals surface area contributed by atoms with Crippen molar-refractivity contribution < 1.29 is 0 Å². The average Bonchev–Trinajstić information content (AvgIpc) is 3.21. The molecule has 52 heavy (non-hydrogen) atoms. The molecule has 1 aliphatic heterocycles. The summed E-state index contributed by atoms with van der Waals surface area (Å²) in [4.78, 5) is 5.32. The fourth-order valence-corrected chi connectivity index (χ4v) is 8.97. The van der Waals surface area contributed by atoms with E-state index in [2.05, 4.69) is 182 Å². The molecule has 1 nitrogen and oxygen atoms in total. The van der Waals surface area contributed by atoms with Crippen LogP contribution in [0.1, 0.15) is 22.6 Å². The van der Waals surface area contributed by atoms with E-state index in [1.54, 1.807) is 0 Å². The molecule has 11 rings (SSSR count). The number of hydrogen-bond donors (Lipinski definition) is 0. The van der Waals surface area contributed by atoms with Crippen LogP contribution in [0, 0.1) is 0 Å². The van der Waals surface area contributed by atoms with Crippen LogP contribution >= 0.6 is 0 Å². The molecule has 1 aliphatic carbocycles. The lowest BCUT2D eigenvalue weighted by Gasteiger charge is -2.33. The molecular weight excluding hydrogens is 627 g/mol. The molecular formula is C51H33N. The van der Waals surface area contributed by atoms with Crippen LogP contribution in [-0.4, -0.2) is 5.71 Å². The number of benzene rings is 9. The summed E-state index contributed by atoms with van der Waals surface area (Å²) in [5.41, 5.74) is 16.3. The van der Waals surface area contributed by atoms with Crippen molar-refractivity contribution in [1.29, 1.82) is 0 Å². The third-order valence-electron chi connectivity index (χ3n) is 11.4. The summed E-state index contributed by atoms with van der Waals surface area (Å²) in [6.07, 6.45) is 0.977. The Balaban J connectivity index is 1.09. The number of rotatable bonds is 3. The fourth-order valence-electron chi connectivity index (χ4n) is 8.97. The Hall–Kier alpha value is -6.57. The van der Waals surface area contributed by atoms with Crippen LogP contribution in [0.15, 0.2) is 187 Å². The third kappa shape index (κ3) is 4.46. The maximum atomic E-state index is 5.32. The van der Waals surface area contributed by atoms with Crippen LogP contribution in [0.5, 0.6) is 0 Å². The predicted octanol–water partition coefficient (Wildman–Crippen LogP) is 13.6. The van der Waals surface area contributed by atoms with E-state index in [4.69, 9.17) is 4.99 Å². The zero-order chi connectivity index (χ0) is 34.2. The third-order valence-corrected chi connectivity index (χ3v) is 11.4. The van der Waals surface area contributed by atoms with Crippen LogP contribution in [0.4, 0.5) is 5.69 Å². The van der Waals surface area contributed by atoms with E-state index in [9.17, 15) is 0 Å². The van der Waals surface area contributed by atoms with Crippen molar-refractivity contribution in [3.8, 4) is 44.5 Å². The molecule has 1 heterocycles. The van der Waals surface area contributed by atoms with Gasteiger partial charge in [0.2, 0.25) is 0 Å². The van der Waals surface area contributed by atoms with Crippen LogP contribution < -0.4 is 0 Å². The molecule has 1 atom stereocenters. The van der Waals surface area contributed by atoms with E-state index >= 15 is 0 Å². The van der Waals surface area contributed by atoms with E-state index in [1.807, 2.05) is 0 Å². The van der Waals surface area contributed by atoms with Gasteiger partial charge in [0.05, 0.1) is 11.4 Å². The van der Waals surface area contributed by atoms with Gasteiger partial charge in [-0.15, -0.1) is 0 Å². The lowest BCUT2D eigenvalue weighted by Crippen LogP contribution is -2.24. The Bertz CT molecular complexity index is 2910. The number of hydrogen-bond acceptors (Lipinski definition) is 1. The van der Waals surface area contributed by atoms with Crippen molar-refractivity contribution in [2.45, 2.75) is 12.3 Å². The minimum absolute atomic E-state index is 0.257. The molecule has 0 saturated carbocycles. The lowest BCUT2D eigenvalue weighted by molar-refractivity contribution is 0.855. The van der Waals surface area contributed by atoms with Gasteiger partial charge in [0, 0.05) is 11.5 Å². The second kappa shape index (κ2) is 11.5. The SMILES string of the molecule is c1ccc(-c2c3ccccc3cc3c(-c4ccc(-c5ccc6c(c5)C5=Nc7ccccc7CC5c5ccccc5-6)cc4)c4ccccc4cc23)cc1. The maximum Gasteiger partial charge on any atom is 0.0665 e. The van der Waals surface area contributed by atoms with Crippen molar-refractivity contribution >= 4 is 43.7 Å². The molecule has 0 spiro atoms. The number of aliphatic imine (C=N–C) groups is 1. The van der Waals surface area contributed by atoms with E-state index in [0.717, 1.165) is 12.1 Å². The highest BCUT2D eigenvalue weighted by Gasteiger charge is 2.33. The normalized spacial score (nSPS) is 14.4. The van der Waals surface area contributed by atoms with Crippen molar-refractivity contribution in [1.82, 2.24) is 0 Å². The molecule has 9 aromatic rings. The van der Waals surface area contributed by atoms with Gasteiger partial charge in [0.15, 0.2) is 0 Å². The van der Waals surface area contributed by atoms with Crippen LogP contribution in [0.25, 0.3) is 76.8 Å². The topological polar surface area (TPSA) is 12.4 Å². The molecule has 0 aromatic heterocycles. The van der Waals surface area contributed by atoms with Gasteiger partial charge in [-0.2, -0.15) is 0 Å². The van der Waals surface area contributed by atoms with Crippen molar-refractivity contribution in [2.24, 2.45) is 4.99 Å². The van der Waals surface area contributed by atoms with Gasteiger partial charge in [-0.25, -0.2) is 0 Å². The van der Waals surface area contributed by atoms with Crippen LogP contribution in [0.2, 0.25) is 0 Å². The lowest BCUT2D eigenvalue weighted by atomic mass is 9.73. The predicted molar refractivity (Wildman–Crippen MR) is 220 cm³/mol. The largest absolute Gasteiger partial charge is 0.252 e. The maximum absolute atomic E-state index is 5.32. The van der Waals surface area contributed by atoms with Crippen molar-refractivity contribution in [3.63, 3.8) is 0 Å². The molecule has 2 aliphatic rings. The van der Waals surface area contributed by atoms with E-state index < -0.39 is 0 Å². The first-order valence-corrected chi connectivity index (χ1v) is 18.2. The molecule has 9 aromatic carbocycles. The summed E-state index contributed by atoms with van der Waals surface area (Å²) in [7, 11) is 0. The number of nitrogens with zero attached hydrogens (tertiary/aromatic N) is 1. The van der Waals surface area contributed by atoms with E-state index in [0.29, 0.717) is 0 Å². The standard InChI is InChI=1S/C51H33N/c1-2-12-33(13-3-1)49-39-17-7-4-14-36(39)30-45-44(49)29-37-15-5-8-18-40(37)50(45)34-24-22-32(23-25-34)35-26-27-43-41-19-9-10-20-42(41)47-31-38-16-6-11-21-48(38)52-51(47)46(43)28-35/h1-30,47H,31H2. The number of para-hydroxylation sites is 1.